The van der Waals surface area contributed by atoms with Gasteiger partial charge in [0.1, 0.15) is 0 Å². The van der Waals surface area contributed by atoms with Gasteiger partial charge in [0, 0.05) is 23.2 Å². The van der Waals surface area contributed by atoms with E-state index in [0.717, 1.165) is 27.8 Å². The topological polar surface area (TPSA) is 45.1 Å². The Balaban J connectivity index is 2.09. The number of rotatable bonds is 4. The predicted octanol–water partition coefficient (Wildman–Crippen LogP) is 4.00. The zero-order chi connectivity index (χ0) is 15.5. The summed E-state index contributed by atoms with van der Waals surface area (Å²) >= 11 is 0. The van der Waals surface area contributed by atoms with Gasteiger partial charge in [0.15, 0.2) is 0 Å². The smallest absolute Gasteiger partial charge is 0.0730 e. The lowest BCUT2D eigenvalue weighted by molar-refractivity contribution is 0.208. The molecule has 0 saturated heterocycles. The summed E-state index contributed by atoms with van der Waals surface area (Å²) in [6.45, 7) is 4.37. The molecule has 3 aromatic rings. The first-order valence-electron chi connectivity index (χ1n) is 7.52. The molecule has 0 aliphatic carbocycles. The van der Waals surface area contributed by atoms with Crippen molar-refractivity contribution in [3.05, 3.63) is 60.2 Å². The predicted molar refractivity (Wildman–Crippen MR) is 92.1 cm³/mol. The highest BCUT2D eigenvalue weighted by Crippen LogP contribution is 2.28. The van der Waals surface area contributed by atoms with Gasteiger partial charge in [0.05, 0.1) is 17.3 Å². The molecule has 1 atom stereocenters. The van der Waals surface area contributed by atoms with Crippen LogP contribution in [0.25, 0.3) is 22.2 Å². The molecule has 2 aromatic carbocycles. The van der Waals surface area contributed by atoms with E-state index in [2.05, 4.69) is 42.6 Å². The number of nitrogens with zero attached hydrogens (tertiary/aromatic N) is 1. The minimum absolute atomic E-state index is 0.394. The summed E-state index contributed by atoms with van der Waals surface area (Å²) in [4.78, 5) is 4.76. The SMILES string of the molecule is Cc1ccc(-c2cc(NC[C@H](C)O)c3ccccc3n2)cc1. The molecule has 1 heterocycles. The second-order valence-corrected chi connectivity index (χ2v) is 5.67. The van der Waals surface area contributed by atoms with Crippen molar-refractivity contribution in [3.63, 3.8) is 0 Å². The molecule has 0 radical (unpaired) electrons. The molecular weight excluding hydrogens is 272 g/mol. The quantitative estimate of drug-likeness (QED) is 0.764. The number of para-hydroxylation sites is 1. The molecule has 0 unspecified atom stereocenters. The molecule has 3 rings (SSSR count). The molecule has 2 N–H and O–H groups in total. The third-order valence-electron chi connectivity index (χ3n) is 3.65. The van der Waals surface area contributed by atoms with E-state index < -0.39 is 6.10 Å². The molecule has 0 amide bonds. The highest BCUT2D eigenvalue weighted by Gasteiger charge is 2.08. The Morgan fingerprint density at radius 3 is 2.55 bits per heavy atom. The average Bonchev–Trinajstić information content (AvgIpc) is 2.53. The van der Waals surface area contributed by atoms with E-state index in [1.54, 1.807) is 6.92 Å². The summed E-state index contributed by atoms with van der Waals surface area (Å²) in [7, 11) is 0. The van der Waals surface area contributed by atoms with Crippen LogP contribution < -0.4 is 5.32 Å². The molecule has 0 saturated carbocycles. The minimum Gasteiger partial charge on any atom is -0.392 e. The van der Waals surface area contributed by atoms with Crippen LogP contribution in [-0.4, -0.2) is 22.7 Å². The number of hydrogen-bond donors (Lipinski definition) is 2. The number of fused-ring (bicyclic) bond motifs is 1. The zero-order valence-electron chi connectivity index (χ0n) is 12.9. The van der Waals surface area contributed by atoms with Crippen LogP contribution in [0, 0.1) is 6.92 Å². The van der Waals surface area contributed by atoms with Gasteiger partial charge in [-0.15, -0.1) is 0 Å². The molecule has 0 aliphatic heterocycles. The summed E-state index contributed by atoms with van der Waals surface area (Å²) in [6.07, 6.45) is -0.394. The fourth-order valence-corrected chi connectivity index (χ4v) is 2.45. The summed E-state index contributed by atoms with van der Waals surface area (Å²) in [6, 6.07) is 18.5. The Morgan fingerprint density at radius 1 is 1.09 bits per heavy atom. The third-order valence-corrected chi connectivity index (χ3v) is 3.65. The molecule has 0 aliphatic rings. The van der Waals surface area contributed by atoms with E-state index in [1.165, 1.54) is 5.56 Å². The van der Waals surface area contributed by atoms with E-state index in [0.29, 0.717) is 6.54 Å². The Morgan fingerprint density at radius 2 is 1.82 bits per heavy atom. The van der Waals surface area contributed by atoms with Crippen molar-refractivity contribution in [2.75, 3.05) is 11.9 Å². The van der Waals surface area contributed by atoms with Gasteiger partial charge in [-0.05, 0) is 26.0 Å². The molecule has 22 heavy (non-hydrogen) atoms. The Kier molecular flexibility index (Phi) is 4.07. The van der Waals surface area contributed by atoms with Gasteiger partial charge in [-0.2, -0.15) is 0 Å². The first-order chi connectivity index (χ1) is 10.6. The summed E-state index contributed by atoms with van der Waals surface area (Å²) in [5.41, 5.74) is 5.22. The summed E-state index contributed by atoms with van der Waals surface area (Å²) in [5.74, 6) is 0. The van der Waals surface area contributed by atoms with Gasteiger partial charge in [0.25, 0.3) is 0 Å². The van der Waals surface area contributed by atoms with Gasteiger partial charge in [-0.25, -0.2) is 4.98 Å². The second-order valence-electron chi connectivity index (χ2n) is 5.67. The fraction of sp³-hybridized carbons (Fsp3) is 0.211. The number of aromatic nitrogens is 1. The highest BCUT2D eigenvalue weighted by atomic mass is 16.3. The van der Waals surface area contributed by atoms with Gasteiger partial charge >= 0.3 is 0 Å². The van der Waals surface area contributed by atoms with E-state index in [4.69, 9.17) is 4.98 Å². The van der Waals surface area contributed by atoms with Crippen LogP contribution >= 0.6 is 0 Å². The lowest BCUT2D eigenvalue weighted by Crippen LogP contribution is -2.15. The van der Waals surface area contributed by atoms with Crippen molar-refractivity contribution in [2.24, 2.45) is 0 Å². The van der Waals surface area contributed by atoms with Crippen LogP contribution in [0.5, 0.6) is 0 Å². The van der Waals surface area contributed by atoms with Crippen molar-refractivity contribution >= 4 is 16.6 Å². The van der Waals surface area contributed by atoms with Crippen LogP contribution in [0.4, 0.5) is 5.69 Å². The second kappa shape index (κ2) is 6.16. The Hall–Kier alpha value is -2.39. The van der Waals surface area contributed by atoms with Crippen LogP contribution in [0.3, 0.4) is 0 Å². The van der Waals surface area contributed by atoms with Crippen LogP contribution in [-0.2, 0) is 0 Å². The monoisotopic (exact) mass is 292 g/mol. The maximum absolute atomic E-state index is 9.52. The number of nitrogens with one attached hydrogen (secondary N) is 1. The maximum Gasteiger partial charge on any atom is 0.0730 e. The summed E-state index contributed by atoms with van der Waals surface area (Å²) < 4.78 is 0. The van der Waals surface area contributed by atoms with Crippen molar-refractivity contribution in [2.45, 2.75) is 20.0 Å². The lowest BCUT2D eigenvalue weighted by atomic mass is 10.1. The first kappa shape index (κ1) is 14.5. The number of pyridine rings is 1. The molecule has 3 heteroatoms. The molecule has 3 nitrogen and oxygen atoms in total. The number of hydrogen-bond acceptors (Lipinski definition) is 3. The summed E-state index contributed by atoms with van der Waals surface area (Å²) in [5, 5.41) is 13.9. The molecule has 0 bridgehead atoms. The van der Waals surface area contributed by atoms with Crippen molar-refractivity contribution in [3.8, 4) is 11.3 Å². The van der Waals surface area contributed by atoms with Crippen LogP contribution in [0.2, 0.25) is 0 Å². The molecule has 112 valence electrons. The average molecular weight is 292 g/mol. The van der Waals surface area contributed by atoms with Crippen molar-refractivity contribution < 1.29 is 5.11 Å². The van der Waals surface area contributed by atoms with E-state index in [9.17, 15) is 5.11 Å². The first-order valence-corrected chi connectivity index (χ1v) is 7.52. The standard InChI is InChI=1S/C19H20N2O/c1-13-7-9-15(10-8-13)18-11-19(20-12-14(2)22)16-5-3-4-6-17(16)21-18/h3-11,14,22H,12H2,1-2H3,(H,20,21)/t14-/m0/s1. The van der Waals surface area contributed by atoms with E-state index in [1.807, 2.05) is 24.3 Å². The number of aliphatic hydroxyl groups excluding tert-OH is 1. The number of anilines is 1. The van der Waals surface area contributed by atoms with Crippen LogP contribution in [0.15, 0.2) is 54.6 Å². The number of aliphatic hydroxyl groups is 1. The molecule has 1 aromatic heterocycles. The third kappa shape index (κ3) is 3.10. The Labute approximate surface area is 130 Å². The van der Waals surface area contributed by atoms with E-state index in [-0.39, 0.29) is 0 Å². The molecule has 0 fully saturated rings. The zero-order valence-corrected chi connectivity index (χ0v) is 12.9. The normalized spacial score (nSPS) is 12.3. The highest BCUT2D eigenvalue weighted by molar-refractivity contribution is 5.93. The van der Waals surface area contributed by atoms with Crippen molar-refractivity contribution in [1.82, 2.24) is 4.98 Å². The van der Waals surface area contributed by atoms with Crippen LogP contribution in [0.1, 0.15) is 12.5 Å². The van der Waals surface area contributed by atoms with Crippen molar-refractivity contribution in [1.29, 1.82) is 0 Å². The fourth-order valence-electron chi connectivity index (χ4n) is 2.45. The van der Waals surface area contributed by atoms with E-state index >= 15 is 0 Å². The van der Waals surface area contributed by atoms with Gasteiger partial charge in [-0.1, -0.05) is 48.0 Å². The lowest BCUT2D eigenvalue weighted by Gasteiger charge is -2.13. The van der Waals surface area contributed by atoms with Gasteiger partial charge in [0.2, 0.25) is 0 Å². The minimum atomic E-state index is -0.394. The Bertz CT molecular complexity index is 779. The number of benzene rings is 2. The maximum atomic E-state index is 9.52. The molecule has 0 spiro atoms. The number of aryl methyl sites for hydroxylation is 1. The largest absolute Gasteiger partial charge is 0.392 e. The van der Waals surface area contributed by atoms with Gasteiger partial charge < -0.3 is 10.4 Å². The van der Waals surface area contributed by atoms with Gasteiger partial charge in [-0.3, -0.25) is 0 Å². The molecular formula is C19H20N2O.